The van der Waals surface area contributed by atoms with E-state index in [1.54, 1.807) is 18.2 Å². The Morgan fingerprint density at radius 2 is 0.983 bits per heavy atom. The molecule has 0 amide bonds. The van der Waals surface area contributed by atoms with Crippen LogP contribution in [0.25, 0.3) is 88.0 Å². The zero-order valence-corrected chi connectivity index (χ0v) is 30.7. The predicted octanol–water partition coefficient (Wildman–Crippen LogP) is 16.0. The van der Waals surface area contributed by atoms with Crippen molar-refractivity contribution in [3.05, 3.63) is 224 Å². The predicted molar refractivity (Wildman–Crippen MR) is 245 cm³/mol. The molecule has 1 aromatic heterocycles. The van der Waals surface area contributed by atoms with Crippen LogP contribution in [0.3, 0.4) is 0 Å². The van der Waals surface area contributed by atoms with Crippen molar-refractivity contribution in [1.82, 2.24) is 0 Å². The van der Waals surface area contributed by atoms with Crippen LogP contribution in [0.2, 0.25) is 0 Å². The van der Waals surface area contributed by atoms with Gasteiger partial charge in [0.25, 0.3) is 0 Å². The Bertz CT molecular complexity index is 3880. The van der Waals surface area contributed by atoms with Crippen molar-refractivity contribution >= 4 is 60.5 Å². The van der Waals surface area contributed by atoms with E-state index in [1.165, 1.54) is 0 Å². The van der Waals surface area contributed by atoms with E-state index in [-0.39, 0.29) is 11.1 Å². The lowest BCUT2D eigenvalue weighted by Crippen LogP contribution is -2.11. The molecule has 0 aliphatic rings. The molecule has 272 valence electrons. The van der Waals surface area contributed by atoms with Gasteiger partial charge in [-0.3, -0.25) is 0 Å². The fraction of sp³-hybridized carbons (Fsp3) is 0. The van der Waals surface area contributed by atoms with Gasteiger partial charge in [-0.15, -0.1) is 0 Å². The molecule has 0 N–H and O–H groups in total. The molecule has 0 aliphatic heterocycles. The third-order valence-corrected chi connectivity index (χ3v) is 10.5. The van der Waals surface area contributed by atoms with Crippen molar-refractivity contribution in [2.75, 3.05) is 4.90 Å². The monoisotopic (exact) mass is 752 g/mol. The van der Waals surface area contributed by atoms with Crippen molar-refractivity contribution in [2.24, 2.45) is 0 Å². The fourth-order valence-corrected chi connectivity index (χ4v) is 7.87. The largest absolute Gasteiger partial charge is 0.455 e. The molecule has 0 saturated carbocycles. The fourth-order valence-electron chi connectivity index (χ4n) is 7.87. The van der Waals surface area contributed by atoms with Gasteiger partial charge in [-0.25, -0.2) is 0 Å². The van der Waals surface area contributed by atoms with E-state index in [9.17, 15) is 4.11 Å². The average molecular weight is 753 g/mol. The standard InChI is InChI=1S/C56H37NO/c1-4-16-38(17-5-1)41-30-32-46(33-31-41)57(52-28-14-23-42-22-10-11-24-47(42)52)53-37-51-55-48(27-15-29-54(55)58-56(51)50-26-13-12-25-49(50)53)45-35-43(39-18-6-2-7-19-39)34-44(36-45)40-20-8-3-9-21-40/h1-37H/i2D,3D,6D,7D,8D,9D,18D,19D,20D,21D,34D,35D,36D. The van der Waals surface area contributed by atoms with E-state index in [2.05, 4.69) is 65.6 Å². The van der Waals surface area contributed by atoms with Gasteiger partial charge in [0.2, 0.25) is 0 Å². The van der Waals surface area contributed by atoms with Crippen molar-refractivity contribution in [1.29, 1.82) is 0 Å². The Kier molecular flexibility index (Phi) is 5.54. The first-order chi connectivity index (χ1) is 34.2. The number of fused-ring (bicyclic) bond motifs is 6. The van der Waals surface area contributed by atoms with E-state index in [1.807, 2.05) is 66.7 Å². The number of hydrogen-bond donors (Lipinski definition) is 0. The molecular formula is C56H37NO. The Morgan fingerprint density at radius 1 is 0.397 bits per heavy atom. The highest BCUT2D eigenvalue weighted by molar-refractivity contribution is 6.23. The van der Waals surface area contributed by atoms with Crippen LogP contribution in [0.15, 0.2) is 229 Å². The van der Waals surface area contributed by atoms with Crippen LogP contribution < -0.4 is 4.90 Å². The summed E-state index contributed by atoms with van der Waals surface area (Å²) in [6.45, 7) is 0. The van der Waals surface area contributed by atoms with Crippen LogP contribution in [-0.4, -0.2) is 0 Å². The van der Waals surface area contributed by atoms with Gasteiger partial charge in [-0.05, 0) is 98.4 Å². The van der Waals surface area contributed by atoms with E-state index in [4.69, 9.17) is 18.1 Å². The Morgan fingerprint density at radius 3 is 1.71 bits per heavy atom. The number of furan rings is 1. The van der Waals surface area contributed by atoms with Crippen molar-refractivity contribution in [2.45, 2.75) is 0 Å². The Hall–Kier alpha value is -7.68. The van der Waals surface area contributed by atoms with Crippen LogP contribution in [0, 0.1) is 0 Å². The van der Waals surface area contributed by atoms with E-state index in [0.29, 0.717) is 21.9 Å². The first kappa shape index (κ1) is 22.8. The number of nitrogens with zero attached hydrogens (tertiary/aromatic N) is 1. The van der Waals surface area contributed by atoms with Crippen molar-refractivity contribution in [3.63, 3.8) is 0 Å². The summed E-state index contributed by atoms with van der Waals surface area (Å²) in [4.78, 5) is 2.19. The minimum atomic E-state index is -0.728. The molecule has 1 heterocycles. The second-order valence-electron chi connectivity index (χ2n) is 13.8. The summed E-state index contributed by atoms with van der Waals surface area (Å²) >= 11 is 0. The lowest BCUT2D eigenvalue weighted by atomic mass is 9.91. The Balaban J connectivity index is 1.27. The van der Waals surface area contributed by atoms with Gasteiger partial charge in [0.1, 0.15) is 11.2 Å². The van der Waals surface area contributed by atoms with E-state index in [0.717, 1.165) is 49.7 Å². The molecule has 0 bridgehead atoms. The van der Waals surface area contributed by atoms with Gasteiger partial charge in [-0.1, -0.05) is 176 Å². The van der Waals surface area contributed by atoms with Gasteiger partial charge in [0.05, 0.1) is 29.2 Å². The highest BCUT2D eigenvalue weighted by Crippen LogP contribution is 2.48. The second-order valence-corrected chi connectivity index (χ2v) is 13.8. The molecule has 2 heteroatoms. The normalized spacial score (nSPS) is 14.6. The van der Waals surface area contributed by atoms with Crippen LogP contribution >= 0.6 is 0 Å². The average Bonchev–Trinajstić information content (AvgIpc) is 3.78. The summed E-state index contributed by atoms with van der Waals surface area (Å²) in [5.74, 6) is 0. The number of benzene rings is 10. The molecule has 11 rings (SSSR count). The molecule has 0 atom stereocenters. The first-order valence-corrected chi connectivity index (χ1v) is 18.8. The zero-order valence-electron chi connectivity index (χ0n) is 43.7. The van der Waals surface area contributed by atoms with E-state index < -0.39 is 101 Å². The number of hydrogen-bond acceptors (Lipinski definition) is 2. The Labute approximate surface area is 355 Å². The third-order valence-electron chi connectivity index (χ3n) is 10.5. The molecular weight excluding hydrogens is 703 g/mol. The lowest BCUT2D eigenvalue weighted by molar-refractivity contribution is 0.673. The maximum Gasteiger partial charge on any atom is 0.143 e. The van der Waals surface area contributed by atoms with Crippen LogP contribution in [0.5, 0.6) is 0 Å². The molecule has 58 heavy (non-hydrogen) atoms. The van der Waals surface area contributed by atoms with Crippen molar-refractivity contribution < 1.29 is 22.2 Å². The lowest BCUT2D eigenvalue weighted by Gasteiger charge is -2.28. The number of anilines is 3. The topological polar surface area (TPSA) is 16.4 Å². The summed E-state index contributed by atoms with van der Waals surface area (Å²) in [5.41, 5.74) is 3.47. The third kappa shape index (κ3) is 5.82. The van der Waals surface area contributed by atoms with Gasteiger partial charge >= 0.3 is 0 Å². The SMILES string of the molecule is [2H]c1c([2H])c([2H])c(-c2c([2H])c(-c3c([2H])c([2H])c([2H])c([2H])c3[2H])c([2H])c(-c3cccc4oc5c6ccccc6c(N(c6ccc(-c7ccccc7)cc6)c6cccc7ccccc67)cc5c34)c2[2H])c([2H])c1[2H]. The van der Waals surface area contributed by atoms with Crippen LogP contribution in [-0.2, 0) is 0 Å². The van der Waals surface area contributed by atoms with Gasteiger partial charge in [0, 0.05) is 32.6 Å². The highest BCUT2D eigenvalue weighted by atomic mass is 16.3. The smallest absolute Gasteiger partial charge is 0.143 e. The molecule has 0 fully saturated rings. The molecule has 0 saturated heterocycles. The molecule has 0 unspecified atom stereocenters. The summed E-state index contributed by atoms with van der Waals surface area (Å²) in [7, 11) is 0. The molecule has 0 spiro atoms. The minimum Gasteiger partial charge on any atom is -0.455 e. The van der Waals surface area contributed by atoms with Gasteiger partial charge in [0.15, 0.2) is 0 Å². The quantitative estimate of drug-likeness (QED) is 0.161. The maximum absolute atomic E-state index is 9.92. The summed E-state index contributed by atoms with van der Waals surface area (Å²) in [6.07, 6.45) is 0. The number of rotatable bonds is 7. The van der Waals surface area contributed by atoms with Gasteiger partial charge < -0.3 is 9.32 Å². The molecule has 2 nitrogen and oxygen atoms in total. The van der Waals surface area contributed by atoms with Crippen LogP contribution in [0.4, 0.5) is 17.1 Å². The maximum atomic E-state index is 9.92. The second kappa shape index (κ2) is 14.1. The summed E-state index contributed by atoms with van der Waals surface area (Å²) in [5, 5.41) is 4.59. The highest BCUT2D eigenvalue weighted by Gasteiger charge is 2.23. The molecule has 10 aromatic carbocycles. The minimum absolute atomic E-state index is 0.185. The summed E-state index contributed by atoms with van der Waals surface area (Å²) in [6, 6.07) is 38.5. The van der Waals surface area contributed by atoms with Crippen LogP contribution in [0.1, 0.15) is 17.8 Å². The zero-order chi connectivity index (χ0) is 49.7. The summed E-state index contributed by atoms with van der Waals surface area (Å²) < 4.78 is 123. The molecule has 11 aromatic rings. The van der Waals surface area contributed by atoms with Gasteiger partial charge in [-0.2, -0.15) is 0 Å². The molecule has 0 radical (unpaired) electrons. The van der Waals surface area contributed by atoms with Crippen molar-refractivity contribution in [3.8, 4) is 44.5 Å². The first-order valence-electron chi connectivity index (χ1n) is 25.3. The van der Waals surface area contributed by atoms with E-state index >= 15 is 0 Å². The molecule has 0 aliphatic carbocycles.